The van der Waals surface area contributed by atoms with Crippen LogP contribution in [0.2, 0.25) is 5.02 Å². The van der Waals surface area contributed by atoms with Crippen LogP contribution in [0.5, 0.6) is 0 Å². The van der Waals surface area contributed by atoms with Crippen LogP contribution < -0.4 is 10.6 Å². The number of anilines is 1. The molecule has 1 saturated heterocycles. The Morgan fingerprint density at radius 3 is 2.89 bits per heavy atom. The molecule has 0 spiro atoms. The lowest BCUT2D eigenvalue weighted by Gasteiger charge is -2.37. The van der Waals surface area contributed by atoms with Crippen LogP contribution in [0, 0.1) is 0 Å². The van der Waals surface area contributed by atoms with Gasteiger partial charge in [0.1, 0.15) is 4.99 Å². The number of aliphatic hydroxyl groups is 1. The molecular weight excluding hydrogens is 268 g/mol. The number of hydrogen-bond acceptors (Lipinski definition) is 3. The molecule has 1 heterocycles. The third-order valence-electron chi connectivity index (χ3n) is 3.38. The normalized spacial score (nSPS) is 19.9. The summed E-state index contributed by atoms with van der Waals surface area (Å²) in [7, 11) is 0. The maximum absolute atomic E-state index is 9.43. The molecular formula is C13H17ClN2OS. The quantitative estimate of drug-likeness (QED) is 0.837. The van der Waals surface area contributed by atoms with Crippen molar-refractivity contribution in [2.24, 2.45) is 5.73 Å². The third kappa shape index (κ3) is 2.76. The fraction of sp³-hybridized carbons (Fsp3) is 0.462. The van der Waals surface area contributed by atoms with Crippen molar-refractivity contribution in [3.8, 4) is 0 Å². The van der Waals surface area contributed by atoms with Crippen LogP contribution in [0.25, 0.3) is 0 Å². The summed E-state index contributed by atoms with van der Waals surface area (Å²) in [5.41, 5.74) is 7.31. The van der Waals surface area contributed by atoms with Crippen LogP contribution in [0.15, 0.2) is 18.2 Å². The van der Waals surface area contributed by atoms with Gasteiger partial charge in [0.15, 0.2) is 0 Å². The molecule has 0 bridgehead atoms. The molecule has 1 aliphatic rings. The van der Waals surface area contributed by atoms with E-state index in [4.69, 9.17) is 29.6 Å². The summed E-state index contributed by atoms with van der Waals surface area (Å²) in [4.78, 5) is 2.52. The number of piperidine rings is 1. The third-order valence-corrected chi connectivity index (χ3v) is 3.92. The highest BCUT2D eigenvalue weighted by atomic mass is 35.5. The Balaban J connectivity index is 2.29. The number of nitrogens with zero attached hydrogens (tertiary/aromatic N) is 1. The highest BCUT2D eigenvalue weighted by Gasteiger charge is 2.23. The van der Waals surface area contributed by atoms with E-state index >= 15 is 0 Å². The predicted octanol–water partition coefficient (Wildman–Crippen LogP) is 2.33. The second-order valence-electron chi connectivity index (χ2n) is 4.56. The van der Waals surface area contributed by atoms with Gasteiger partial charge in [-0.15, -0.1) is 0 Å². The molecule has 0 aromatic heterocycles. The molecule has 0 radical (unpaired) electrons. The van der Waals surface area contributed by atoms with E-state index in [1.165, 1.54) is 0 Å². The molecule has 0 aliphatic carbocycles. The minimum atomic E-state index is 0.159. The number of nitrogens with two attached hydrogens (primary N) is 1. The zero-order valence-electron chi connectivity index (χ0n) is 10.1. The second-order valence-corrected chi connectivity index (χ2v) is 5.40. The number of aliphatic hydroxyl groups excluding tert-OH is 1. The summed E-state index contributed by atoms with van der Waals surface area (Å²) in [5, 5.41) is 10.1. The van der Waals surface area contributed by atoms with Crippen molar-refractivity contribution < 1.29 is 5.11 Å². The zero-order chi connectivity index (χ0) is 13.1. The fourth-order valence-corrected chi connectivity index (χ4v) is 2.82. The Labute approximate surface area is 118 Å². The van der Waals surface area contributed by atoms with Gasteiger partial charge in [-0.1, -0.05) is 23.8 Å². The predicted molar refractivity (Wildman–Crippen MR) is 79.4 cm³/mol. The first-order chi connectivity index (χ1) is 8.63. The van der Waals surface area contributed by atoms with Crippen molar-refractivity contribution in [3.63, 3.8) is 0 Å². The Bertz CT molecular complexity index is 453. The van der Waals surface area contributed by atoms with Crippen molar-refractivity contribution in [1.82, 2.24) is 0 Å². The lowest BCUT2D eigenvalue weighted by molar-refractivity contribution is 0.240. The van der Waals surface area contributed by atoms with Crippen molar-refractivity contribution in [1.29, 1.82) is 0 Å². The molecule has 18 heavy (non-hydrogen) atoms. The summed E-state index contributed by atoms with van der Waals surface area (Å²) in [6.45, 7) is 1.09. The first-order valence-electron chi connectivity index (χ1n) is 6.10. The van der Waals surface area contributed by atoms with Crippen molar-refractivity contribution >= 4 is 34.5 Å². The topological polar surface area (TPSA) is 49.5 Å². The van der Waals surface area contributed by atoms with Gasteiger partial charge in [-0.3, -0.25) is 0 Å². The molecule has 3 nitrogen and oxygen atoms in total. The largest absolute Gasteiger partial charge is 0.394 e. The van der Waals surface area contributed by atoms with E-state index in [9.17, 15) is 5.11 Å². The van der Waals surface area contributed by atoms with Crippen molar-refractivity contribution in [2.45, 2.75) is 25.3 Å². The van der Waals surface area contributed by atoms with Crippen molar-refractivity contribution in [3.05, 3.63) is 28.8 Å². The summed E-state index contributed by atoms with van der Waals surface area (Å²) in [6, 6.07) is 5.77. The standard InChI is InChI=1S/C13H17ClN2OS/c14-11-7-9(13(15)18)4-5-12(11)16-6-2-1-3-10(16)8-17/h4-5,7,10,17H,1-3,6,8H2,(H2,15,18). The highest BCUT2D eigenvalue weighted by Crippen LogP contribution is 2.31. The average Bonchev–Trinajstić information content (AvgIpc) is 2.38. The Hall–Kier alpha value is -0.840. The van der Waals surface area contributed by atoms with Crippen LogP contribution in [0.4, 0.5) is 5.69 Å². The van der Waals surface area contributed by atoms with Crippen LogP contribution in [0.1, 0.15) is 24.8 Å². The SMILES string of the molecule is NC(=S)c1ccc(N2CCCCC2CO)c(Cl)c1. The lowest BCUT2D eigenvalue weighted by atomic mass is 10.0. The van der Waals surface area contributed by atoms with E-state index in [1.807, 2.05) is 12.1 Å². The molecule has 5 heteroatoms. The molecule has 1 aromatic rings. The molecule has 1 fully saturated rings. The average molecular weight is 285 g/mol. The van der Waals surface area contributed by atoms with E-state index in [-0.39, 0.29) is 12.6 Å². The van der Waals surface area contributed by atoms with Crippen LogP contribution in [-0.2, 0) is 0 Å². The lowest BCUT2D eigenvalue weighted by Crippen LogP contribution is -2.42. The van der Waals surface area contributed by atoms with Crippen LogP contribution >= 0.6 is 23.8 Å². The molecule has 3 N–H and O–H groups in total. The molecule has 1 aliphatic heterocycles. The molecule has 1 unspecified atom stereocenters. The fourth-order valence-electron chi connectivity index (χ4n) is 2.40. The minimum absolute atomic E-state index is 0.159. The van der Waals surface area contributed by atoms with E-state index in [2.05, 4.69) is 4.90 Å². The van der Waals surface area contributed by atoms with Gasteiger partial charge in [-0.25, -0.2) is 0 Å². The Morgan fingerprint density at radius 1 is 1.50 bits per heavy atom. The molecule has 2 rings (SSSR count). The van der Waals surface area contributed by atoms with Crippen LogP contribution in [-0.4, -0.2) is 29.3 Å². The maximum atomic E-state index is 9.43. The van der Waals surface area contributed by atoms with Gasteiger partial charge in [0, 0.05) is 12.1 Å². The van der Waals surface area contributed by atoms with Gasteiger partial charge in [0.25, 0.3) is 0 Å². The van der Waals surface area contributed by atoms with Gasteiger partial charge in [0.05, 0.1) is 23.4 Å². The maximum Gasteiger partial charge on any atom is 0.104 e. The number of rotatable bonds is 3. The number of thiocarbonyl (C=S) groups is 1. The van der Waals surface area contributed by atoms with E-state index in [0.29, 0.717) is 10.0 Å². The first-order valence-corrected chi connectivity index (χ1v) is 6.89. The van der Waals surface area contributed by atoms with Gasteiger partial charge >= 0.3 is 0 Å². The van der Waals surface area contributed by atoms with Gasteiger partial charge in [-0.2, -0.15) is 0 Å². The van der Waals surface area contributed by atoms with Gasteiger partial charge in [0.2, 0.25) is 0 Å². The monoisotopic (exact) mass is 284 g/mol. The first kappa shape index (κ1) is 13.6. The van der Waals surface area contributed by atoms with E-state index < -0.39 is 0 Å². The van der Waals surface area contributed by atoms with E-state index in [1.54, 1.807) is 6.07 Å². The Kier molecular flexibility index (Phi) is 4.43. The summed E-state index contributed by atoms with van der Waals surface area (Å²) in [5.74, 6) is 0. The molecule has 98 valence electrons. The number of hydrogen-bond donors (Lipinski definition) is 2. The molecule has 1 atom stereocenters. The van der Waals surface area contributed by atoms with E-state index in [0.717, 1.165) is 37.1 Å². The number of halogens is 1. The summed E-state index contributed by atoms with van der Waals surface area (Å²) < 4.78 is 0. The number of benzene rings is 1. The summed E-state index contributed by atoms with van der Waals surface area (Å²) in [6.07, 6.45) is 3.29. The van der Waals surface area contributed by atoms with Crippen molar-refractivity contribution in [2.75, 3.05) is 18.1 Å². The molecule has 1 aromatic carbocycles. The second kappa shape index (κ2) is 5.87. The Morgan fingerprint density at radius 2 is 2.28 bits per heavy atom. The smallest absolute Gasteiger partial charge is 0.104 e. The summed E-state index contributed by atoms with van der Waals surface area (Å²) >= 11 is 11.2. The van der Waals surface area contributed by atoms with Crippen LogP contribution in [0.3, 0.4) is 0 Å². The molecule has 0 saturated carbocycles. The zero-order valence-corrected chi connectivity index (χ0v) is 11.7. The van der Waals surface area contributed by atoms with Gasteiger partial charge < -0.3 is 15.7 Å². The highest BCUT2D eigenvalue weighted by molar-refractivity contribution is 7.80. The van der Waals surface area contributed by atoms with Gasteiger partial charge in [-0.05, 0) is 37.5 Å². The molecule has 0 amide bonds. The minimum Gasteiger partial charge on any atom is -0.394 e.